The Kier molecular flexibility index (Phi) is 6.39. The summed E-state index contributed by atoms with van der Waals surface area (Å²) in [6.07, 6.45) is 0. The molecule has 3 N–H and O–H groups in total. The van der Waals surface area contributed by atoms with Crippen molar-refractivity contribution in [3.63, 3.8) is 0 Å². The number of anilines is 1. The van der Waals surface area contributed by atoms with E-state index in [0.29, 0.717) is 24.6 Å². The van der Waals surface area contributed by atoms with Gasteiger partial charge in [-0.2, -0.15) is 0 Å². The molecule has 1 rings (SSSR count). The summed E-state index contributed by atoms with van der Waals surface area (Å²) in [5, 5.41) is 2.75. The van der Waals surface area contributed by atoms with Gasteiger partial charge in [0, 0.05) is 28.7 Å². The van der Waals surface area contributed by atoms with Gasteiger partial charge in [-0.1, -0.05) is 15.9 Å². The first kappa shape index (κ1) is 14.3. The Morgan fingerprint density at radius 3 is 3.00 bits per heavy atom. The number of hydrogen-bond donors (Lipinski definition) is 2. The van der Waals surface area contributed by atoms with Crippen molar-refractivity contribution in [1.29, 1.82) is 0 Å². The molecule has 0 atom stereocenters. The Bertz CT molecular complexity index is 388. The third-order valence-corrected chi connectivity index (χ3v) is 3.54. The number of rotatable bonds is 6. The molecule has 17 heavy (non-hydrogen) atoms. The van der Waals surface area contributed by atoms with Crippen LogP contribution in [0, 0.1) is 0 Å². The van der Waals surface area contributed by atoms with Crippen LogP contribution in [0.1, 0.15) is 0 Å². The summed E-state index contributed by atoms with van der Waals surface area (Å²) < 4.78 is 5.77. The third kappa shape index (κ3) is 5.43. The maximum absolute atomic E-state index is 11.4. The van der Waals surface area contributed by atoms with Gasteiger partial charge in [0.25, 0.3) is 0 Å². The minimum atomic E-state index is -0.0191. The van der Waals surface area contributed by atoms with Crippen molar-refractivity contribution in [3.8, 4) is 0 Å². The fourth-order valence-corrected chi connectivity index (χ4v) is 2.29. The average Bonchev–Trinajstić information content (AvgIpc) is 2.28. The van der Waals surface area contributed by atoms with Gasteiger partial charge in [-0.05, 0) is 18.2 Å². The first-order valence-electron chi connectivity index (χ1n) is 5.07. The van der Waals surface area contributed by atoms with Crippen molar-refractivity contribution in [2.24, 2.45) is 0 Å². The molecule has 0 radical (unpaired) electrons. The molecule has 0 fully saturated rings. The lowest BCUT2D eigenvalue weighted by Crippen LogP contribution is -2.28. The highest BCUT2D eigenvalue weighted by Gasteiger charge is 2.05. The topological polar surface area (TPSA) is 64.3 Å². The van der Waals surface area contributed by atoms with Gasteiger partial charge in [0.2, 0.25) is 5.91 Å². The number of nitrogens with two attached hydrogens (primary N) is 1. The summed E-state index contributed by atoms with van der Waals surface area (Å²) in [6.45, 7) is 1.06. The van der Waals surface area contributed by atoms with Gasteiger partial charge in [-0.3, -0.25) is 4.79 Å². The van der Waals surface area contributed by atoms with Crippen LogP contribution in [0.5, 0.6) is 0 Å². The Hall–Kier alpha value is -0.720. The fraction of sp³-hybridized carbons (Fsp3) is 0.364. The molecule has 0 unspecified atom stereocenters. The van der Waals surface area contributed by atoms with E-state index in [2.05, 4.69) is 21.2 Å². The van der Waals surface area contributed by atoms with Crippen LogP contribution in [-0.2, 0) is 9.53 Å². The molecule has 4 nitrogen and oxygen atoms in total. The van der Waals surface area contributed by atoms with E-state index in [1.807, 2.05) is 18.2 Å². The quantitative estimate of drug-likeness (QED) is 0.477. The average molecular weight is 319 g/mol. The van der Waals surface area contributed by atoms with Crippen LogP contribution in [0.15, 0.2) is 27.6 Å². The number of nitrogens with one attached hydrogen (secondary N) is 1. The number of benzene rings is 1. The highest BCUT2D eigenvalue weighted by Crippen LogP contribution is 2.27. The minimum Gasteiger partial charge on any atom is -0.398 e. The molecule has 0 aromatic heterocycles. The molecule has 0 saturated carbocycles. The zero-order valence-electron chi connectivity index (χ0n) is 9.53. The zero-order valence-corrected chi connectivity index (χ0v) is 11.9. The summed E-state index contributed by atoms with van der Waals surface area (Å²) in [5.41, 5.74) is 6.50. The molecular formula is C11H15BrN2O2S. The summed E-state index contributed by atoms with van der Waals surface area (Å²) in [7, 11) is 1.60. The van der Waals surface area contributed by atoms with Crippen LogP contribution in [0.4, 0.5) is 5.69 Å². The molecule has 1 aromatic rings. The van der Waals surface area contributed by atoms with E-state index in [-0.39, 0.29) is 5.91 Å². The number of nitrogen functional groups attached to an aromatic ring is 1. The van der Waals surface area contributed by atoms with E-state index in [1.54, 1.807) is 7.11 Å². The van der Waals surface area contributed by atoms with Crippen molar-refractivity contribution in [1.82, 2.24) is 5.32 Å². The molecule has 1 aromatic carbocycles. The fourth-order valence-electron chi connectivity index (χ4n) is 1.14. The third-order valence-electron chi connectivity index (χ3n) is 1.96. The van der Waals surface area contributed by atoms with Gasteiger partial charge in [-0.15, -0.1) is 11.8 Å². The highest BCUT2D eigenvalue weighted by atomic mass is 79.9. The predicted molar refractivity (Wildman–Crippen MR) is 74.2 cm³/mol. The Balaban J connectivity index is 2.37. The Morgan fingerprint density at radius 2 is 2.35 bits per heavy atom. The lowest BCUT2D eigenvalue weighted by atomic mass is 10.3. The van der Waals surface area contributed by atoms with Crippen molar-refractivity contribution >= 4 is 39.3 Å². The number of thioether (sulfide) groups is 1. The second kappa shape index (κ2) is 7.58. The summed E-state index contributed by atoms with van der Waals surface area (Å²) in [5.74, 6) is 0.338. The second-order valence-electron chi connectivity index (χ2n) is 3.31. The number of amides is 1. The highest BCUT2D eigenvalue weighted by molar-refractivity contribution is 9.10. The lowest BCUT2D eigenvalue weighted by Gasteiger charge is -2.06. The maximum atomic E-state index is 11.4. The number of hydrogen-bond acceptors (Lipinski definition) is 4. The summed E-state index contributed by atoms with van der Waals surface area (Å²) in [6, 6.07) is 5.62. The largest absolute Gasteiger partial charge is 0.398 e. The van der Waals surface area contributed by atoms with Gasteiger partial charge in [0.05, 0.1) is 12.4 Å². The van der Waals surface area contributed by atoms with Gasteiger partial charge in [0.15, 0.2) is 0 Å². The van der Waals surface area contributed by atoms with Gasteiger partial charge < -0.3 is 15.8 Å². The zero-order chi connectivity index (χ0) is 12.7. The van der Waals surface area contributed by atoms with Crippen molar-refractivity contribution < 1.29 is 9.53 Å². The summed E-state index contributed by atoms with van der Waals surface area (Å²) >= 11 is 4.76. The molecule has 0 aliphatic heterocycles. The van der Waals surface area contributed by atoms with E-state index in [0.717, 1.165) is 9.37 Å². The van der Waals surface area contributed by atoms with Gasteiger partial charge in [0.1, 0.15) is 0 Å². The molecule has 0 bridgehead atoms. The molecule has 0 saturated heterocycles. The van der Waals surface area contributed by atoms with Crippen LogP contribution >= 0.6 is 27.7 Å². The standard InChI is InChI=1S/C11H15BrN2O2S/c1-16-5-4-14-11(15)7-17-10-3-2-8(12)6-9(10)13/h2-3,6H,4-5,7,13H2,1H3,(H,14,15). The molecule has 0 aliphatic carbocycles. The first-order valence-corrected chi connectivity index (χ1v) is 6.85. The van der Waals surface area contributed by atoms with E-state index in [1.165, 1.54) is 11.8 Å². The lowest BCUT2D eigenvalue weighted by molar-refractivity contribution is -0.118. The number of methoxy groups -OCH3 is 1. The first-order chi connectivity index (χ1) is 8.13. The van der Waals surface area contributed by atoms with E-state index < -0.39 is 0 Å². The van der Waals surface area contributed by atoms with Crippen LogP contribution in [-0.4, -0.2) is 31.9 Å². The molecule has 1 amide bonds. The Labute approximate surface area is 113 Å². The smallest absolute Gasteiger partial charge is 0.230 e. The van der Waals surface area contributed by atoms with Crippen LogP contribution in [0.25, 0.3) is 0 Å². The molecule has 0 spiro atoms. The SMILES string of the molecule is COCCNC(=O)CSc1ccc(Br)cc1N. The second-order valence-corrected chi connectivity index (χ2v) is 5.25. The Morgan fingerprint density at radius 1 is 1.59 bits per heavy atom. The number of ether oxygens (including phenoxy) is 1. The van der Waals surface area contributed by atoms with Gasteiger partial charge in [-0.25, -0.2) is 0 Å². The van der Waals surface area contributed by atoms with E-state index in [9.17, 15) is 4.79 Å². The van der Waals surface area contributed by atoms with Crippen molar-refractivity contribution in [3.05, 3.63) is 22.7 Å². The monoisotopic (exact) mass is 318 g/mol. The predicted octanol–water partition coefficient (Wildman–Crippen LogP) is 1.89. The number of carbonyl (C=O) groups is 1. The molecule has 0 aliphatic rings. The normalized spacial score (nSPS) is 10.2. The minimum absolute atomic E-state index is 0.0191. The van der Waals surface area contributed by atoms with Crippen LogP contribution < -0.4 is 11.1 Å². The van der Waals surface area contributed by atoms with E-state index in [4.69, 9.17) is 10.5 Å². The molecule has 6 heteroatoms. The molecular weight excluding hydrogens is 304 g/mol. The van der Waals surface area contributed by atoms with E-state index >= 15 is 0 Å². The number of carbonyl (C=O) groups excluding carboxylic acids is 1. The van der Waals surface area contributed by atoms with Crippen molar-refractivity contribution in [2.75, 3.05) is 31.7 Å². The number of halogens is 1. The van der Waals surface area contributed by atoms with Gasteiger partial charge >= 0.3 is 0 Å². The molecule has 94 valence electrons. The van der Waals surface area contributed by atoms with Crippen molar-refractivity contribution in [2.45, 2.75) is 4.90 Å². The van der Waals surface area contributed by atoms with Crippen LogP contribution in [0.3, 0.4) is 0 Å². The maximum Gasteiger partial charge on any atom is 0.230 e. The van der Waals surface area contributed by atoms with Crippen LogP contribution in [0.2, 0.25) is 0 Å². The summed E-state index contributed by atoms with van der Waals surface area (Å²) in [4.78, 5) is 12.3. The molecule has 0 heterocycles.